The number of hydrogen-bond acceptors (Lipinski definition) is 6. The van der Waals surface area contributed by atoms with E-state index in [0.29, 0.717) is 6.07 Å². The number of methoxy groups -OCH3 is 1. The van der Waals surface area contributed by atoms with Crippen LogP contribution in [0.4, 0.5) is 23.7 Å². The lowest BCUT2D eigenvalue weighted by atomic mass is 10.1. The van der Waals surface area contributed by atoms with E-state index in [0.717, 1.165) is 22.2 Å². The van der Waals surface area contributed by atoms with Gasteiger partial charge in [0.15, 0.2) is 0 Å². The van der Waals surface area contributed by atoms with E-state index in [-0.39, 0.29) is 17.0 Å². The van der Waals surface area contributed by atoms with Crippen LogP contribution in [0.25, 0.3) is 0 Å². The Morgan fingerprint density at radius 1 is 1.18 bits per heavy atom. The molecule has 0 saturated carbocycles. The molecule has 0 fully saturated rings. The van der Waals surface area contributed by atoms with Gasteiger partial charge in [0.25, 0.3) is 0 Å². The largest absolute Gasteiger partial charge is 0.508 e. The molecule has 2 amide bonds. The molecule has 0 atom stereocenters. The Labute approximate surface area is 158 Å². The standard InChI is InChI=1S/C17H19F3N4O4/c1-23(21)16(26)24(22)13-4-3-5-14(27-2)11(13)9-28-15-7-6-10(25)8-12(15)17(18,19)20/h3-8,25H,9,21-22H2,1-2H3. The summed E-state index contributed by atoms with van der Waals surface area (Å²) in [6.45, 7) is -0.400. The number of benzene rings is 2. The van der Waals surface area contributed by atoms with Gasteiger partial charge in [0.2, 0.25) is 0 Å². The van der Waals surface area contributed by atoms with Crippen LogP contribution in [0, 0.1) is 0 Å². The Bertz CT molecular complexity index is 859. The number of carbonyl (C=O) groups excluding carboxylic acids is 1. The van der Waals surface area contributed by atoms with Crippen molar-refractivity contribution in [3.63, 3.8) is 0 Å². The van der Waals surface area contributed by atoms with Crippen molar-refractivity contribution in [1.29, 1.82) is 0 Å². The number of halogens is 3. The minimum atomic E-state index is -4.74. The molecular weight excluding hydrogens is 381 g/mol. The number of aromatic hydroxyl groups is 1. The molecular formula is C17H19F3N4O4. The van der Waals surface area contributed by atoms with Gasteiger partial charge < -0.3 is 14.6 Å². The van der Waals surface area contributed by atoms with Crippen molar-refractivity contribution in [3.8, 4) is 17.2 Å². The summed E-state index contributed by atoms with van der Waals surface area (Å²) in [6, 6.07) is 6.39. The molecule has 152 valence electrons. The number of carbonyl (C=O) groups is 1. The van der Waals surface area contributed by atoms with E-state index in [4.69, 9.17) is 21.2 Å². The maximum atomic E-state index is 13.2. The van der Waals surface area contributed by atoms with Crippen LogP contribution in [0.5, 0.6) is 17.2 Å². The number of ether oxygens (including phenoxy) is 2. The lowest BCUT2D eigenvalue weighted by Crippen LogP contribution is -2.49. The number of phenolic OH excluding ortho intramolecular Hbond substituents is 1. The van der Waals surface area contributed by atoms with E-state index in [1.54, 1.807) is 6.07 Å². The summed E-state index contributed by atoms with van der Waals surface area (Å²) in [6.07, 6.45) is -4.74. The second-order valence-electron chi connectivity index (χ2n) is 5.69. The molecule has 2 aromatic rings. The average molecular weight is 400 g/mol. The van der Waals surface area contributed by atoms with Crippen LogP contribution >= 0.6 is 0 Å². The number of urea groups is 1. The van der Waals surface area contributed by atoms with Gasteiger partial charge in [0, 0.05) is 7.05 Å². The van der Waals surface area contributed by atoms with Gasteiger partial charge in [-0.15, -0.1) is 0 Å². The molecule has 11 heteroatoms. The van der Waals surface area contributed by atoms with Gasteiger partial charge in [0.05, 0.1) is 18.4 Å². The van der Waals surface area contributed by atoms with Crippen molar-refractivity contribution >= 4 is 11.7 Å². The fourth-order valence-electron chi connectivity index (χ4n) is 2.40. The Morgan fingerprint density at radius 2 is 1.86 bits per heavy atom. The van der Waals surface area contributed by atoms with Crippen LogP contribution in [0.3, 0.4) is 0 Å². The molecule has 2 aromatic carbocycles. The smallest absolute Gasteiger partial charge is 0.420 e. The Morgan fingerprint density at radius 3 is 2.43 bits per heavy atom. The zero-order chi connectivity index (χ0) is 21.1. The zero-order valence-electron chi connectivity index (χ0n) is 15.0. The highest BCUT2D eigenvalue weighted by Gasteiger charge is 2.35. The molecule has 0 heterocycles. The first-order valence-electron chi connectivity index (χ1n) is 7.82. The van der Waals surface area contributed by atoms with E-state index >= 15 is 0 Å². The number of alkyl halides is 3. The molecule has 5 N–H and O–H groups in total. The van der Waals surface area contributed by atoms with Crippen molar-refractivity contribution in [2.24, 2.45) is 11.7 Å². The molecule has 0 aromatic heterocycles. The third-order valence-electron chi connectivity index (χ3n) is 3.74. The monoisotopic (exact) mass is 400 g/mol. The highest BCUT2D eigenvalue weighted by molar-refractivity contribution is 5.91. The fourth-order valence-corrected chi connectivity index (χ4v) is 2.40. The second-order valence-corrected chi connectivity index (χ2v) is 5.69. The molecule has 0 bridgehead atoms. The third-order valence-corrected chi connectivity index (χ3v) is 3.74. The summed E-state index contributed by atoms with van der Waals surface area (Å²) in [5, 5.41) is 10.8. The summed E-state index contributed by atoms with van der Waals surface area (Å²) in [5.41, 5.74) is -0.788. The summed E-state index contributed by atoms with van der Waals surface area (Å²) in [5.74, 6) is 10.4. The average Bonchev–Trinajstić information content (AvgIpc) is 2.64. The first-order chi connectivity index (χ1) is 13.1. The van der Waals surface area contributed by atoms with E-state index in [1.165, 1.54) is 26.3 Å². The number of hydrazine groups is 2. The summed E-state index contributed by atoms with van der Waals surface area (Å²) in [7, 11) is 2.63. The predicted molar refractivity (Wildman–Crippen MR) is 94.4 cm³/mol. The third kappa shape index (κ3) is 4.56. The van der Waals surface area contributed by atoms with E-state index in [9.17, 15) is 23.1 Å². The molecule has 0 aliphatic rings. The lowest BCUT2D eigenvalue weighted by molar-refractivity contribution is -0.139. The van der Waals surface area contributed by atoms with Crippen molar-refractivity contribution in [3.05, 3.63) is 47.5 Å². The fraction of sp³-hybridized carbons (Fsp3) is 0.235. The van der Waals surface area contributed by atoms with Crippen LogP contribution in [-0.4, -0.2) is 30.3 Å². The van der Waals surface area contributed by atoms with Crippen LogP contribution in [0.2, 0.25) is 0 Å². The number of hydrogen-bond donors (Lipinski definition) is 3. The van der Waals surface area contributed by atoms with Gasteiger partial charge in [-0.05, 0) is 30.3 Å². The maximum Gasteiger partial charge on any atom is 0.420 e. The van der Waals surface area contributed by atoms with Crippen molar-refractivity contribution in [2.75, 3.05) is 19.2 Å². The minimum Gasteiger partial charge on any atom is -0.508 e. The first-order valence-corrected chi connectivity index (χ1v) is 7.82. The molecule has 0 saturated heterocycles. The van der Waals surface area contributed by atoms with Gasteiger partial charge in [-0.2, -0.15) is 13.2 Å². The van der Waals surface area contributed by atoms with E-state index in [1.807, 2.05) is 0 Å². The lowest BCUT2D eigenvalue weighted by Gasteiger charge is -2.24. The number of anilines is 1. The molecule has 0 radical (unpaired) electrons. The Kier molecular flexibility index (Phi) is 6.21. The van der Waals surface area contributed by atoms with E-state index < -0.39 is 35.9 Å². The topological polar surface area (TPSA) is 114 Å². The number of amides is 2. The number of nitrogens with zero attached hydrogens (tertiary/aromatic N) is 2. The number of phenols is 1. The normalized spacial score (nSPS) is 11.1. The van der Waals surface area contributed by atoms with Crippen molar-refractivity contribution in [1.82, 2.24) is 5.01 Å². The van der Waals surface area contributed by atoms with Crippen LogP contribution < -0.4 is 26.2 Å². The molecule has 0 unspecified atom stereocenters. The van der Waals surface area contributed by atoms with Crippen LogP contribution in [0.15, 0.2) is 36.4 Å². The maximum absolute atomic E-state index is 13.2. The zero-order valence-corrected chi connectivity index (χ0v) is 15.0. The SMILES string of the molecule is COc1cccc(N(N)C(=O)N(C)N)c1COc1ccc(O)cc1C(F)(F)F. The van der Waals surface area contributed by atoms with Gasteiger partial charge >= 0.3 is 12.2 Å². The van der Waals surface area contributed by atoms with Crippen molar-refractivity contribution in [2.45, 2.75) is 12.8 Å². The van der Waals surface area contributed by atoms with Crippen LogP contribution in [0.1, 0.15) is 11.1 Å². The molecule has 28 heavy (non-hydrogen) atoms. The van der Waals surface area contributed by atoms with Gasteiger partial charge in [-0.3, -0.25) is 5.01 Å². The van der Waals surface area contributed by atoms with Gasteiger partial charge in [-0.25, -0.2) is 21.5 Å². The molecule has 0 spiro atoms. The number of nitrogens with two attached hydrogens (primary N) is 2. The molecule has 0 aliphatic heterocycles. The second kappa shape index (κ2) is 8.23. The first kappa shape index (κ1) is 21.1. The quantitative estimate of drug-likeness (QED) is 0.404. The molecule has 8 nitrogen and oxygen atoms in total. The Hall–Kier alpha value is -3.18. The van der Waals surface area contributed by atoms with Crippen LogP contribution in [-0.2, 0) is 12.8 Å². The highest BCUT2D eigenvalue weighted by Crippen LogP contribution is 2.39. The Balaban J connectivity index is 2.41. The van der Waals surface area contributed by atoms with Crippen molar-refractivity contribution < 1.29 is 32.5 Å². The number of rotatable bonds is 5. The van der Waals surface area contributed by atoms with E-state index in [2.05, 4.69) is 0 Å². The summed E-state index contributed by atoms with van der Waals surface area (Å²) >= 11 is 0. The van der Waals surface area contributed by atoms with Gasteiger partial charge in [-0.1, -0.05) is 6.07 Å². The van der Waals surface area contributed by atoms with Gasteiger partial charge in [0.1, 0.15) is 29.4 Å². The summed E-state index contributed by atoms with van der Waals surface area (Å²) < 4.78 is 50.1. The summed E-state index contributed by atoms with van der Waals surface area (Å²) in [4.78, 5) is 12.0. The molecule has 2 rings (SSSR count). The predicted octanol–water partition coefficient (Wildman–Crippen LogP) is 2.60. The highest BCUT2D eigenvalue weighted by atomic mass is 19.4. The minimum absolute atomic E-state index is 0.133. The molecule has 0 aliphatic carbocycles.